The molecule has 1 aromatic carbocycles. The number of hydrogen-bond donors (Lipinski definition) is 1. The molecule has 1 saturated carbocycles. The molecule has 1 aliphatic carbocycles. The van der Waals surface area contributed by atoms with E-state index in [4.69, 9.17) is 9.47 Å². The molecule has 0 spiro atoms. The van der Waals surface area contributed by atoms with Crippen molar-refractivity contribution >= 4 is 28.8 Å². The van der Waals surface area contributed by atoms with Crippen molar-refractivity contribution in [3.8, 4) is 5.88 Å². The minimum absolute atomic E-state index is 0.0326. The number of amides is 2. The highest BCUT2D eigenvalue weighted by atomic mass is 19.3. The number of benzene rings is 1. The number of fused-ring (bicyclic) bond motifs is 5. The molecule has 2 bridgehead atoms. The highest BCUT2D eigenvalue weighted by Gasteiger charge is 2.51. The minimum Gasteiger partial charge on any atom is -0.471 e. The normalized spacial score (nSPS) is 30.1. The van der Waals surface area contributed by atoms with Crippen molar-refractivity contribution in [3.63, 3.8) is 0 Å². The highest BCUT2D eigenvalue weighted by Crippen LogP contribution is 2.42. The van der Waals surface area contributed by atoms with Gasteiger partial charge < -0.3 is 19.7 Å². The number of para-hydroxylation sites is 2. The number of ether oxygens (including phenoxy) is 2. The van der Waals surface area contributed by atoms with Gasteiger partial charge in [0, 0.05) is 12.3 Å². The van der Waals surface area contributed by atoms with Crippen molar-refractivity contribution in [3.05, 3.63) is 30.0 Å². The summed E-state index contributed by atoms with van der Waals surface area (Å²) in [4.78, 5) is 50.3. The van der Waals surface area contributed by atoms with E-state index in [1.807, 2.05) is 27.7 Å². The minimum atomic E-state index is -3.30. The van der Waals surface area contributed by atoms with Gasteiger partial charge in [-0.05, 0) is 56.1 Å². The second-order valence-corrected chi connectivity index (χ2v) is 13.3. The van der Waals surface area contributed by atoms with E-state index in [1.165, 1.54) is 11.8 Å². The van der Waals surface area contributed by atoms with E-state index < -0.39 is 59.6 Å². The number of Topliss-reactive ketones (excluding diaryl/α,β-unsaturated/α-hetero) is 1. The summed E-state index contributed by atoms with van der Waals surface area (Å²) in [7, 11) is 0. The highest BCUT2D eigenvalue weighted by molar-refractivity contribution is 5.92. The first-order valence-electron chi connectivity index (χ1n) is 15.4. The maximum atomic E-state index is 15.8. The van der Waals surface area contributed by atoms with Crippen molar-refractivity contribution in [1.29, 1.82) is 0 Å². The van der Waals surface area contributed by atoms with Crippen LogP contribution in [0.4, 0.5) is 13.6 Å². The van der Waals surface area contributed by atoms with Gasteiger partial charge in [-0.25, -0.2) is 14.8 Å². The van der Waals surface area contributed by atoms with Crippen LogP contribution in [0.15, 0.2) is 24.3 Å². The summed E-state index contributed by atoms with van der Waals surface area (Å²) >= 11 is 0. The van der Waals surface area contributed by atoms with Crippen LogP contribution in [0, 0.1) is 17.3 Å². The fraction of sp³-hybridized carbons (Fsp3) is 0.656. The Balaban J connectivity index is 1.56. The molecule has 2 aromatic rings. The van der Waals surface area contributed by atoms with Crippen molar-refractivity contribution in [2.45, 2.75) is 110 Å². The predicted octanol–water partition coefficient (Wildman–Crippen LogP) is 5.79. The standard InChI is InChI=1S/C32H42F2N4O5/c1-6-20-24-17-38(25(20)18(2)39)29(40)27(31(3,4)5)37-30(41)43-23-16-19(23)12-8-7-11-15-32(33,34)26-28(42-24)36-22-14-10-9-13-21(22)35-26/h9-10,13-14,19-20,23-25,27H,6-8,11-12,15-17H2,1-5H3,(H,37,41)/t19-,20-,23-,24+,25-,27-/m1/s1. The lowest BCUT2D eigenvalue weighted by Gasteiger charge is -2.35. The number of carbonyl (C=O) groups is 3. The molecular formula is C32H42F2N4O5. The summed E-state index contributed by atoms with van der Waals surface area (Å²) in [5, 5.41) is 2.77. The van der Waals surface area contributed by atoms with Crippen LogP contribution in [-0.4, -0.2) is 63.5 Å². The molecule has 3 aliphatic rings. The third kappa shape index (κ3) is 6.60. The van der Waals surface area contributed by atoms with Crippen LogP contribution in [0.2, 0.25) is 0 Å². The summed E-state index contributed by atoms with van der Waals surface area (Å²) in [6.45, 7) is 8.73. The van der Waals surface area contributed by atoms with Crippen LogP contribution in [0.3, 0.4) is 0 Å². The van der Waals surface area contributed by atoms with Gasteiger partial charge in [-0.2, -0.15) is 8.78 Å². The fourth-order valence-electron chi connectivity index (χ4n) is 6.50. The average molecular weight is 601 g/mol. The van der Waals surface area contributed by atoms with Crippen LogP contribution >= 0.6 is 0 Å². The molecule has 3 heterocycles. The molecule has 9 nitrogen and oxygen atoms in total. The van der Waals surface area contributed by atoms with E-state index in [1.54, 1.807) is 24.3 Å². The first-order chi connectivity index (χ1) is 20.3. The van der Waals surface area contributed by atoms with Gasteiger partial charge in [0.05, 0.1) is 23.6 Å². The van der Waals surface area contributed by atoms with Gasteiger partial charge in [0.2, 0.25) is 11.8 Å². The second-order valence-electron chi connectivity index (χ2n) is 13.3. The van der Waals surface area contributed by atoms with Gasteiger partial charge in [-0.1, -0.05) is 52.7 Å². The summed E-state index contributed by atoms with van der Waals surface area (Å²) in [5.74, 6) is -4.59. The van der Waals surface area contributed by atoms with Crippen molar-refractivity contribution in [2.75, 3.05) is 6.54 Å². The third-order valence-corrected chi connectivity index (χ3v) is 8.97. The third-order valence-electron chi connectivity index (χ3n) is 8.97. The average Bonchev–Trinajstić information content (AvgIpc) is 3.56. The van der Waals surface area contributed by atoms with Crippen LogP contribution in [-0.2, 0) is 20.2 Å². The Bertz CT molecular complexity index is 1380. The molecule has 1 saturated heterocycles. The van der Waals surface area contributed by atoms with Crippen LogP contribution in [0.25, 0.3) is 11.0 Å². The molecule has 2 fully saturated rings. The zero-order chi connectivity index (χ0) is 31.1. The fourth-order valence-corrected chi connectivity index (χ4v) is 6.50. The number of nitrogens with one attached hydrogen (secondary N) is 1. The van der Waals surface area contributed by atoms with E-state index in [0.717, 1.165) is 12.8 Å². The number of carbonyl (C=O) groups excluding carboxylic acids is 3. The molecule has 2 amide bonds. The molecule has 1 N–H and O–H groups in total. The Morgan fingerprint density at radius 3 is 2.42 bits per heavy atom. The topological polar surface area (TPSA) is 111 Å². The molecule has 0 radical (unpaired) electrons. The number of alkyl carbamates (subject to hydrolysis) is 1. The number of nitrogens with zero attached hydrogens (tertiary/aromatic N) is 3. The van der Waals surface area contributed by atoms with Gasteiger partial charge in [-0.15, -0.1) is 0 Å². The van der Waals surface area contributed by atoms with E-state index in [-0.39, 0.29) is 36.7 Å². The van der Waals surface area contributed by atoms with Gasteiger partial charge in [0.15, 0.2) is 11.5 Å². The van der Waals surface area contributed by atoms with Gasteiger partial charge >= 0.3 is 6.09 Å². The number of rotatable bonds is 2. The number of alkyl halides is 2. The molecule has 2 aliphatic heterocycles. The number of halogens is 2. The van der Waals surface area contributed by atoms with E-state index in [2.05, 4.69) is 15.3 Å². The summed E-state index contributed by atoms with van der Waals surface area (Å²) in [6, 6.07) is 4.94. The van der Waals surface area contributed by atoms with Gasteiger partial charge in [0.1, 0.15) is 18.2 Å². The molecule has 5 rings (SSSR count). The van der Waals surface area contributed by atoms with Gasteiger partial charge in [-0.3, -0.25) is 9.59 Å². The molecule has 234 valence electrons. The summed E-state index contributed by atoms with van der Waals surface area (Å²) in [5.41, 5.74) is -0.493. The Morgan fingerprint density at radius 2 is 1.77 bits per heavy atom. The lowest BCUT2D eigenvalue weighted by molar-refractivity contribution is -0.141. The monoisotopic (exact) mass is 600 g/mol. The predicted molar refractivity (Wildman–Crippen MR) is 156 cm³/mol. The largest absolute Gasteiger partial charge is 0.471 e. The first-order valence-corrected chi connectivity index (χ1v) is 15.4. The Hall–Kier alpha value is -3.37. The second kappa shape index (κ2) is 12.0. The number of ketones is 1. The van der Waals surface area contributed by atoms with Crippen LogP contribution in [0.1, 0.15) is 85.3 Å². The van der Waals surface area contributed by atoms with E-state index in [0.29, 0.717) is 30.3 Å². The number of aromatic nitrogens is 2. The number of hydrogen-bond acceptors (Lipinski definition) is 7. The molecule has 43 heavy (non-hydrogen) atoms. The quantitative estimate of drug-likeness (QED) is 0.465. The molecule has 11 heteroatoms. The zero-order valence-electron chi connectivity index (χ0n) is 25.6. The SMILES string of the molecule is CC[C@@H]1[C@@H]2CN(C(=O)[C@H](C(C)(C)C)NC(=O)O[C@@H]3C[C@H]3CCCCCC(F)(F)c3nc4ccccc4nc3O2)[C@@H]1C(C)=O. The van der Waals surface area contributed by atoms with Gasteiger partial charge in [0.25, 0.3) is 5.92 Å². The van der Waals surface area contributed by atoms with E-state index in [9.17, 15) is 14.4 Å². The molecule has 0 unspecified atom stereocenters. The van der Waals surface area contributed by atoms with Crippen LogP contribution in [0.5, 0.6) is 5.88 Å². The van der Waals surface area contributed by atoms with Crippen LogP contribution < -0.4 is 10.1 Å². The smallest absolute Gasteiger partial charge is 0.408 e. The van der Waals surface area contributed by atoms with Crippen molar-refractivity contribution in [2.24, 2.45) is 17.3 Å². The first kappa shape index (κ1) is 31.1. The molecular weight excluding hydrogens is 558 g/mol. The van der Waals surface area contributed by atoms with Crippen molar-refractivity contribution < 1.29 is 32.6 Å². The maximum absolute atomic E-state index is 15.8. The van der Waals surface area contributed by atoms with Crippen molar-refractivity contribution in [1.82, 2.24) is 20.2 Å². The summed E-state index contributed by atoms with van der Waals surface area (Å²) in [6.07, 6.45) is 1.40. The lowest BCUT2D eigenvalue weighted by atomic mass is 9.85. The lowest BCUT2D eigenvalue weighted by Crippen LogP contribution is -2.57. The molecule has 6 atom stereocenters. The Labute approximate surface area is 251 Å². The zero-order valence-corrected chi connectivity index (χ0v) is 25.6. The Morgan fingerprint density at radius 1 is 1.07 bits per heavy atom. The summed E-state index contributed by atoms with van der Waals surface area (Å²) < 4.78 is 43.6. The Kier molecular flexibility index (Phi) is 8.64. The molecule has 1 aromatic heterocycles. The maximum Gasteiger partial charge on any atom is 0.408 e. The van der Waals surface area contributed by atoms with E-state index >= 15 is 8.78 Å².